The first-order valence-corrected chi connectivity index (χ1v) is 7.76. The first-order chi connectivity index (χ1) is 11.8. The summed E-state index contributed by atoms with van der Waals surface area (Å²) in [7, 11) is 0. The van der Waals surface area contributed by atoms with Gasteiger partial charge in [0.1, 0.15) is 11.3 Å². The predicted molar refractivity (Wildman–Crippen MR) is 87.0 cm³/mol. The summed E-state index contributed by atoms with van der Waals surface area (Å²) in [4.78, 5) is 37.2. The second-order valence-electron chi connectivity index (χ2n) is 6.08. The molecule has 2 N–H and O–H groups in total. The first-order valence-electron chi connectivity index (χ1n) is 7.76. The van der Waals surface area contributed by atoms with Gasteiger partial charge in [0.05, 0.1) is 12.1 Å². The van der Waals surface area contributed by atoms with Gasteiger partial charge in [-0.25, -0.2) is 4.79 Å². The lowest BCUT2D eigenvalue weighted by Crippen LogP contribution is -2.48. The van der Waals surface area contributed by atoms with Crippen molar-refractivity contribution in [2.75, 3.05) is 0 Å². The topological polar surface area (TPSA) is 105 Å². The van der Waals surface area contributed by atoms with Gasteiger partial charge in [0.15, 0.2) is 0 Å². The number of hydrogen-bond donors (Lipinski definition) is 2. The average Bonchev–Trinajstić information content (AvgIpc) is 3.01. The van der Waals surface area contributed by atoms with Crippen molar-refractivity contribution in [3.8, 4) is 0 Å². The van der Waals surface area contributed by atoms with E-state index in [4.69, 9.17) is 4.52 Å². The smallest absolute Gasteiger partial charge is 0.344 e. The van der Waals surface area contributed by atoms with E-state index in [9.17, 15) is 14.4 Å². The molecule has 4 amide bonds. The average molecular weight is 342 g/mol. The Morgan fingerprint density at radius 1 is 1.28 bits per heavy atom. The molecule has 0 bridgehead atoms. The summed E-state index contributed by atoms with van der Waals surface area (Å²) < 4.78 is 5.01. The number of aromatic nitrogens is 1. The van der Waals surface area contributed by atoms with Crippen LogP contribution in [-0.2, 0) is 21.5 Å². The highest BCUT2D eigenvalue weighted by atomic mass is 16.5. The zero-order valence-electron chi connectivity index (χ0n) is 14.1. The van der Waals surface area contributed by atoms with Crippen molar-refractivity contribution in [2.24, 2.45) is 0 Å². The number of amides is 4. The van der Waals surface area contributed by atoms with Crippen LogP contribution in [0.5, 0.6) is 0 Å². The number of hydrogen-bond acceptors (Lipinski definition) is 5. The van der Waals surface area contributed by atoms with Crippen LogP contribution in [0, 0.1) is 13.8 Å². The molecule has 1 unspecified atom stereocenters. The Bertz CT molecular complexity index is 826. The molecule has 1 aliphatic rings. The van der Waals surface area contributed by atoms with Crippen molar-refractivity contribution in [3.05, 3.63) is 52.9 Å². The minimum atomic E-state index is -1.23. The molecular formula is C17H18N4O4. The molecular weight excluding hydrogens is 324 g/mol. The van der Waals surface area contributed by atoms with Crippen LogP contribution in [0.3, 0.4) is 0 Å². The molecule has 8 nitrogen and oxygen atoms in total. The Kier molecular flexibility index (Phi) is 4.03. The molecule has 25 heavy (non-hydrogen) atoms. The number of benzene rings is 1. The second-order valence-corrected chi connectivity index (χ2v) is 6.08. The summed E-state index contributed by atoms with van der Waals surface area (Å²) in [5.74, 6) is -0.523. The van der Waals surface area contributed by atoms with Crippen molar-refractivity contribution < 1.29 is 18.9 Å². The summed E-state index contributed by atoms with van der Waals surface area (Å²) >= 11 is 0. The molecule has 0 saturated carbocycles. The van der Waals surface area contributed by atoms with Crippen LogP contribution >= 0.6 is 0 Å². The van der Waals surface area contributed by atoms with E-state index >= 15 is 0 Å². The van der Waals surface area contributed by atoms with Crippen LogP contribution in [-0.4, -0.2) is 28.0 Å². The number of rotatable bonds is 4. The van der Waals surface area contributed by atoms with Crippen molar-refractivity contribution in [3.63, 3.8) is 0 Å². The lowest BCUT2D eigenvalue weighted by Gasteiger charge is -2.22. The van der Waals surface area contributed by atoms with Gasteiger partial charge in [-0.1, -0.05) is 35.5 Å². The van der Waals surface area contributed by atoms with Crippen LogP contribution in [0.15, 0.2) is 34.9 Å². The second kappa shape index (κ2) is 6.04. The standard InChI is InChI=1S/C17H18N4O4/c1-10-13(11(2)25-20-10)9-14(22)19-21-15(23)17(3,18-16(21)24)12-7-5-4-6-8-12/h4-8H,9H2,1-3H3,(H,18,24)(H,19,22). The van der Waals surface area contributed by atoms with Gasteiger partial charge in [-0.3, -0.25) is 15.0 Å². The molecule has 8 heteroatoms. The van der Waals surface area contributed by atoms with Gasteiger partial charge in [0.25, 0.3) is 5.91 Å². The van der Waals surface area contributed by atoms with E-state index in [-0.39, 0.29) is 6.42 Å². The monoisotopic (exact) mass is 342 g/mol. The summed E-state index contributed by atoms with van der Waals surface area (Å²) in [6.45, 7) is 5.02. The highest BCUT2D eigenvalue weighted by Crippen LogP contribution is 2.27. The fourth-order valence-corrected chi connectivity index (χ4v) is 2.79. The summed E-state index contributed by atoms with van der Waals surface area (Å²) in [5, 5.41) is 7.12. The zero-order valence-corrected chi connectivity index (χ0v) is 14.1. The van der Waals surface area contributed by atoms with Gasteiger partial charge in [0.2, 0.25) is 5.91 Å². The normalized spacial score (nSPS) is 19.9. The number of carbonyl (C=O) groups is 3. The van der Waals surface area contributed by atoms with Gasteiger partial charge >= 0.3 is 6.03 Å². The molecule has 3 rings (SSSR count). The van der Waals surface area contributed by atoms with E-state index in [0.717, 1.165) is 0 Å². The van der Waals surface area contributed by atoms with E-state index in [1.165, 1.54) is 0 Å². The minimum Gasteiger partial charge on any atom is -0.361 e. The molecule has 2 heterocycles. The van der Waals surface area contributed by atoms with Crippen LogP contribution in [0.2, 0.25) is 0 Å². The van der Waals surface area contributed by atoms with Crippen molar-refractivity contribution in [1.82, 2.24) is 20.9 Å². The molecule has 130 valence electrons. The summed E-state index contributed by atoms with van der Waals surface area (Å²) in [6.07, 6.45) is -0.0414. The lowest BCUT2D eigenvalue weighted by atomic mass is 9.92. The number of nitrogens with zero attached hydrogens (tertiary/aromatic N) is 2. The number of carbonyl (C=O) groups excluding carboxylic acids is 3. The van der Waals surface area contributed by atoms with Crippen molar-refractivity contribution in [2.45, 2.75) is 32.7 Å². The maximum absolute atomic E-state index is 12.7. The van der Waals surface area contributed by atoms with Crippen molar-refractivity contribution >= 4 is 17.8 Å². The number of aryl methyl sites for hydroxylation is 2. The van der Waals surface area contributed by atoms with Crippen molar-refractivity contribution in [1.29, 1.82) is 0 Å². The van der Waals surface area contributed by atoms with Crippen LogP contribution in [0.25, 0.3) is 0 Å². The van der Waals surface area contributed by atoms with Gasteiger partial charge < -0.3 is 9.84 Å². The molecule has 2 aromatic rings. The van der Waals surface area contributed by atoms with E-state index in [1.54, 1.807) is 45.0 Å². The number of hydrazine groups is 1. The largest absolute Gasteiger partial charge is 0.361 e. The van der Waals surface area contributed by atoms with E-state index in [2.05, 4.69) is 15.9 Å². The van der Waals surface area contributed by atoms with Crippen LogP contribution in [0.1, 0.15) is 29.5 Å². The molecule has 1 atom stereocenters. The third-order valence-electron chi connectivity index (χ3n) is 4.30. The molecule has 1 aromatic carbocycles. The highest BCUT2D eigenvalue weighted by molar-refractivity contribution is 6.08. The van der Waals surface area contributed by atoms with Gasteiger partial charge in [-0.2, -0.15) is 5.01 Å². The Morgan fingerprint density at radius 3 is 2.56 bits per heavy atom. The fraction of sp³-hybridized carbons (Fsp3) is 0.294. The molecule has 1 aromatic heterocycles. The molecule has 0 spiro atoms. The third-order valence-corrected chi connectivity index (χ3v) is 4.30. The molecule has 0 aliphatic carbocycles. The molecule has 1 fully saturated rings. The zero-order chi connectivity index (χ0) is 18.2. The number of urea groups is 1. The summed E-state index contributed by atoms with van der Waals surface area (Å²) in [5.41, 5.74) is 3.00. The molecule has 0 radical (unpaired) electrons. The number of imide groups is 1. The molecule has 1 aliphatic heterocycles. The Morgan fingerprint density at radius 2 is 1.96 bits per heavy atom. The highest BCUT2D eigenvalue weighted by Gasteiger charge is 2.49. The third kappa shape index (κ3) is 2.86. The van der Waals surface area contributed by atoms with Gasteiger partial charge in [-0.15, -0.1) is 0 Å². The molecule has 1 saturated heterocycles. The Balaban J connectivity index is 1.76. The maximum Gasteiger partial charge on any atom is 0.344 e. The van der Waals surface area contributed by atoms with Gasteiger partial charge in [-0.05, 0) is 26.3 Å². The van der Waals surface area contributed by atoms with E-state index in [1.807, 2.05) is 6.07 Å². The first kappa shape index (κ1) is 16.7. The summed E-state index contributed by atoms with van der Waals surface area (Å²) in [6, 6.07) is 8.18. The fourth-order valence-electron chi connectivity index (χ4n) is 2.79. The lowest BCUT2D eigenvalue weighted by molar-refractivity contribution is -0.138. The van der Waals surface area contributed by atoms with Crippen LogP contribution in [0.4, 0.5) is 4.79 Å². The SMILES string of the molecule is Cc1noc(C)c1CC(=O)NN1C(=O)NC(C)(c2ccccc2)C1=O. The quantitative estimate of drug-likeness (QED) is 0.816. The van der Waals surface area contributed by atoms with E-state index in [0.29, 0.717) is 27.6 Å². The Hall–Kier alpha value is -3.16. The van der Waals surface area contributed by atoms with E-state index < -0.39 is 23.4 Å². The van der Waals surface area contributed by atoms with Gasteiger partial charge in [0, 0.05) is 5.56 Å². The maximum atomic E-state index is 12.7. The van der Waals surface area contributed by atoms with Crippen LogP contribution < -0.4 is 10.7 Å². The minimum absolute atomic E-state index is 0.0414. The predicted octanol–water partition coefficient (Wildman–Crippen LogP) is 1.33. The number of nitrogens with one attached hydrogen (secondary N) is 2. The Labute approximate surface area is 144 Å².